The average Bonchev–Trinajstić information content (AvgIpc) is 2.37. The van der Waals surface area contributed by atoms with Gasteiger partial charge in [0.15, 0.2) is 0 Å². The second-order valence-electron chi connectivity index (χ2n) is 4.62. The van der Waals surface area contributed by atoms with Crippen molar-refractivity contribution >= 4 is 11.4 Å². The summed E-state index contributed by atoms with van der Waals surface area (Å²) in [5.74, 6) is 0. The number of aliphatic hydroxyl groups is 1. The molecule has 0 aliphatic rings. The highest BCUT2D eigenvalue weighted by Gasteiger charge is 2.21. The van der Waals surface area contributed by atoms with Crippen LogP contribution in [-0.2, 0) is 6.54 Å². The van der Waals surface area contributed by atoms with Gasteiger partial charge in [-0.1, -0.05) is 0 Å². The van der Waals surface area contributed by atoms with Crippen molar-refractivity contribution in [1.82, 2.24) is 4.90 Å². The van der Waals surface area contributed by atoms with Crippen LogP contribution in [0.15, 0.2) is 18.2 Å². The van der Waals surface area contributed by atoms with Crippen LogP contribution in [-0.4, -0.2) is 39.0 Å². The molecule has 8 heteroatoms. The van der Waals surface area contributed by atoms with E-state index in [2.05, 4.69) is 0 Å². The van der Waals surface area contributed by atoms with Gasteiger partial charge in [0.05, 0.1) is 22.5 Å². The monoisotopic (exact) mass is 283 g/mol. The molecule has 1 N–H and O–H groups in total. The first-order valence-electron chi connectivity index (χ1n) is 6.13. The second-order valence-corrected chi connectivity index (χ2v) is 4.62. The van der Waals surface area contributed by atoms with Crippen LogP contribution >= 0.6 is 0 Å². The Morgan fingerprint density at radius 1 is 1.25 bits per heavy atom. The minimum atomic E-state index is -0.662. The summed E-state index contributed by atoms with van der Waals surface area (Å²) in [6.07, 6.45) is 0. The maximum atomic E-state index is 11.0. The average molecular weight is 283 g/mol. The zero-order valence-corrected chi connectivity index (χ0v) is 11.4. The van der Waals surface area contributed by atoms with Gasteiger partial charge >= 0.3 is 0 Å². The van der Waals surface area contributed by atoms with Crippen LogP contribution in [0.25, 0.3) is 0 Å². The topological polar surface area (TPSA) is 110 Å². The molecule has 0 fully saturated rings. The summed E-state index contributed by atoms with van der Waals surface area (Å²) in [6, 6.07) is 3.70. The molecule has 0 aromatic heterocycles. The van der Waals surface area contributed by atoms with Gasteiger partial charge in [-0.25, -0.2) is 0 Å². The molecule has 0 amide bonds. The molecule has 0 aliphatic carbocycles. The van der Waals surface area contributed by atoms with E-state index in [1.54, 1.807) is 0 Å². The molecule has 0 unspecified atom stereocenters. The summed E-state index contributed by atoms with van der Waals surface area (Å²) < 4.78 is 0. The van der Waals surface area contributed by atoms with Crippen LogP contribution in [0.1, 0.15) is 19.4 Å². The first kappa shape index (κ1) is 16.0. The Balaban J connectivity index is 3.10. The number of hydrogen-bond donors (Lipinski definition) is 1. The van der Waals surface area contributed by atoms with E-state index in [1.807, 2.05) is 18.7 Å². The molecular formula is C12H17N3O5. The van der Waals surface area contributed by atoms with Gasteiger partial charge in [0.25, 0.3) is 11.4 Å². The number of nitrogens with zero attached hydrogens (tertiary/aromatic N) is 3. The lowest BCUT2D eigenvalue weighted by atomic mass is 10.1. The first-order chi connectivity index (χ1) is 9.36. The number of nitro groups is 2. The second kappa shape index (κ2) is 6.92. The smallest absolute Gasteiger partial charge is 0.280 e. The molecule has 110 valence electrons. The molecule has 0 atom stereocenters. The molecule has 1 aromatic rings. The minimum absolute atomic E-state index is 0.0566. The molecular weight excluding hydrogens is 266 g/mol. The van der Waals surface area contributed by atoms with Gasteiger partial charge in [-0.2, -0.15) is 0 Å². The van der Waals surface area contributed by atoms with Gasteiger partial charge in [0, 0.05) is 30.8 Å². The molecule has 1 aromatic carbocycles. The maximum absolute atomic E-state index is 11.0. The molecule has 0 heterocycles. The highest BCUT2D eigenvalue weighted by atomic mass is 16.6. The first-order valence-corrected chi connectivity index (χ1v) is 6.13. The molecule has 0 saturated carbocycles. The summed E-state index contributed by atoms with van der Waals surface area (Å²) in [5.41, 5.74) is -0.191. The van der Waals surface area contributed by atoms with E-state index in [0.717, 1.165) is 6.07 Å². The summed E-state index contributed by atoms with van der Waals surface area (Å²) in [4.78, 5) is 22.2. The Morgan fingerprint density at radius 3 is 2.35 bits per heavy atom. The van der Waals surface area contributed by atoms with Gasteiger partial charge in [0.2, 0.25) is 0 Å². The fourth-order valence-electron chi connectivity index (χ4n) is 1.84. The Morgan fingerprint density at radius 2 is 1.90 bits per heavy atom. The molecule has 1 rings (SSSR count). The third-order valence-electron chi connectivity index (χ3n) is 2.97. The summed E-state index contributed by atoms with van der Waals surface area (Å²) in [7, 11) is 0. The lowest BCUT2D eigenvalue weighted by molar-refractivity contribution is -0.394. The van der Waals surface area contributed by atoms with E-state index in [-0.39, 0.29) is 30.6 Å². The van der Waals surface area contributed by atoms with E-state index in [1.165, 1.54) is 12.1 Å². The normalized spacial score (nSPS) is 11.1. The summed E-state index contributed by atoms with van der Waals surface area (Å²) in [5, 5.41) is 30.7. The molecule has 0 spiro atoms. The third-order valence-corrected chi connectivity index (χ3v) is 2.97. The minimum Gasteiger partial charge on any atom is -0.395 e. The molecule has 0 bridgehead atoms. The quantitative estimate of drug-likeness (QED) is 0.602. The van der Waals surface area contributed by atoms with Gasteiger partial charge in [0.1, 0.15) is 0 Å². The van der Waals surface area contributed by atoms with Crippen molar-refractivity contribution in [3.05, 3.63) is 44.0 Å². The number of hydrogen-bond acceptors (Lipinski definition) is 6. The lowest BCUT2D eigenvalue weighted by Crippen LogP contribution is -2.33. The number of non-ortho nitro benzene ring substituents is 1. The molecule has 0 saturated heterocycles. The van der Waals surface area contributed by atoms with Crippen molar-refractivity contribution in [2.45, 2.75) is 26.4 Å². The van der Waals surface area contributed by atoms with Crippen LogP contribution < -0.4 is 0 Å². The van der Waals surface area contributed by atoms with E-state index in [9.17, 15) is 20.2 Å². The third kappa shape index (κ3) is 3.97. The molecule has 0 aliphatic heterocycles. The fourth-order valence-corrected chi connectivity index (χ4v) is 1.84. The SMILES string of the molecule is CC(C)N(CCO)Cc1ccc([N+](=O)[O-])cc1[N+](=O)[O-]. The van der Waals surface area contributed by atoms with Crippen molar-refractivity contribution < 1.29 is 15.0 Å². The van der Waals surface area contributed by atoms with Crippen LogP contribution in [0.3, 0.4) is 0 Å². The Labute approximate surface area is 115 Å². The predicted molar refractivity (Wildman–Crippen MR) is 72.4 cm³/mol. The van der Waals surface area contributed by atoms with Crippen LogP contribution in [0.4, 0.5) is 11.4 Å². The largest absolute Gasteiger partial charge is 0.395 e. The Hall–Kier alpha value is -2.06. The van der Waals surface area contributed by atoms with Gasteiger partial charge in [-0.05, 0) is 19.9 Å². The van der Waals surface area contributed by atoms with Crippen molar-refractivity contribution in [2.24, 2.45) is 0 Å². The van der Waals surface area contributed by atoms with E-state index >= 15 is 0 Å². The molecule has 0 radical (unpaired) electrons. The number of aliphatic hydroxyl groups excluding tert-OH is 1. The fraction of sp³-hybridized carbons (Fsp3) is 0.500. The molecule has 8 nitrogen and oxygen atoms in total. The number of nitro benzene ring substituents is 2. The lowest BCUT2D eigenvalue weighted by Gasteiger charge is -2.25. The van der Waals surface area contributed by atoms with Gasteiger partial charge in [-0.3, -0.25) is 25.1 Å². The zero-order valence-electron chi connectivity index (χ0n) is 11.4. The van der Waals surface area contributed by atoms with E-state index in [4.69, 9.17) is 5.11 Å². The van der Waals surface area contributed by atoms with Crippen LogP contribution in [0.5, 0.6) is 0 Å². The summed E-state index contributed by atoms with van der Waals surface area (Å²) in [6.45, 7) is 4.40. The Bertz CT molecular complexity index is 504. The van der Waals surface area contributed by atoms with E-state index < -0.39 is 9.85 Å². The van der Waals surface area contributed by atoms with Gasteiger partial charge in [-0.15, -0.1) is 0 Å². The van der Waals surface area contributed by atoms with Crippen molar-refractivity contribution in [1.29, 1.82) is 0 Å². The van der Waals surface area contributed by atoms with Crippen LogP contribution in [0.2, 0.25) is 0 Å². The van der Waals surface area contributed by atoms with Gasteiger partial charge < -0.3 is 5.11 Å². The molecule has 20 heavy (non-hydrogen) atoms. The number of rotatable bonds is 7. The van der Waals surface area contributed by atoms with Crippen molar-refractivity contribution in [3.8, 4) is 0 Å². The predicted octanol–water partition coefficient (Wildman–Crippen LogP) is 1.71. The zero-order chi connectivity index (χ0) is 15.3. The number of benzene rings is 1. The Kier molecular flexibility index (Phi) is 5.53. The van der Waals surface area contributed by atoms with Crippen molar-refractivity contribution in [2.75, 3.05) is 13.2 Å². The van der Waals surface area contributed by atoms with E-state index in [0.29, 0.717) is 12.1 Å². The maximum Gasteiger partial charge on any atom is 0.280 e. The summed E-state index contributed by atoms with van der Waals surface area (Å²) >= 11 is 0. The standard InChI is InChI=1S/C12H17N3O5/c1-9(2)13(5-6-16)8-10-3-4-11(14(17)18)7-12(10)15(19)20/h3-4,7,9,16H,5-6,8H2,1-2H3. The highest BCUT2D eigenvalue weighted by Crippen LogP contribution is 2.26. The van der Waals surface area contributed by atoms with Crippen LogP contribution in [0, 0.1) is 20.2 Å². The van der Waals surface area contributed by atoms with Crippen molar-refractivity contribution in [3.63, 3.8) is 0 Å². The highest BCUT2D eigenvalue weighted by molar-refractivity contribution is 5.49.